The lowest BCUT2D eigenvalue weighted by atomic mass is 10.3. The van der Waals surface area contributed by atoms with E-state index < -0.39 is 10.0 Å². The molecule has 0 saturated carbocycles. The first-order valence-corrected chi connectivity index (χ1v) is 4.99. The second kappa shape index (κ2) is 2.75. The van der Waals surface area contributed by atoms with Crippen LogP contribution in [0.15, 0.2) is 12.2 Å². The van der Waals surface area contributed by atoms with Crippen LogP contribution in [0.2, 0.25) is 0 Å². The van der Waals surface area contributed by atoms with Gasteiger partial charge in [-0.2, -0.15) is 4.31 Å². The Morgan fingerprint density at radius 2 is 2.18 bits per heavy atom. The van der Waals surface area contributed by atoms with Gasteiger partial charge in [-0.25, -0.2) is 8.42 Å². The maximum Gasteiger partial charge on any atom is 0.211 e. The average Bonchev–Trinajstić information content (AvgIpc) is 1.86. The second-order valence-corrected chi connectivity index (χ2v) is 4.41. The van der Waals surface area contributed by atoms with Crippen LogP contribution in [0.25, 0.3) is 0 Å². The largest absolute Gasteiger partial charge is 0.293 e. The molecule has 11 heavy (non-hydrogen) atoms. The van der Waals surface area contributed by atoms with Crippen molar-refractivity contribution in [3.63, 3.8) is 0 Å². The number of sulfonamides is 1. The van der Waals surface area contributed by atoms with Gasteiger partial charge in [-0.1, -0.05) is 6.08 Å². The van der Waals surface area contributed by atoms with E-state index >= 15 is 0 Å². The lowest BCUT2D eigenvalue weighted by Gasteiger charge is -2.18. The summed E-state index contributed by atoms with van der Waals surface area (Å²) in [6.07, 6.45) is 4.05. The Morgan fingerprint density at radius 3 is 2.55 bits per heavy atom. The number of hydrogen-bond acceptors (Lipinski definition) is 3. The fraction of sp³-hybridized carbons (Fsp3) is 0.500. The Balaban J connectivity index is 2.80. The molecule has 0 aromatic carbocycles. The van der Waals surface area contributed by atoms with Crippen molar-refractivity contribution in [3.05, 3.63) is 12.2 Å². The quantitative estimate of drug-likeness (QED) is 0.534. The van der Waals surface area contributed by atoms with Gasteiger partial charge < -0.3 is 0 Å². The van der Waals surface area contributed by atoms with Crippen molar-refractivity contribution in [1.82, 2.24) is 4.31 Å². The monoisotopic (exact) mass is 175 g/mol. The fourth-order valence-corrected chi connectivity index (χ4v) is 1.56. The van der Waals surface area contributed by atoms with Crippen LogP contribution in [0.3, 0.4) is 0 Å². The van der Waals surface area contributed by atoms with Crippen LogP contribution in [0, 0.1) is 0 Å². The van der Waals surface area contributed by atoms with Crippen LogP contribution in [-0.2, 0) is 14.8 Å². The van der Waals surface area contributed by atoms with Crippen LogP contribution in [0.4, 0.5) is 0 Å². The van der Waals surface area contributed by atoms with Gasteiger partial charge in [0.2, 0.25) is 10.0 Å². The van der Waals surface area contributed by atoms with Crippen LogP contribution >= 0.6 is 0 Å². The third-order valence-electron chi connectivity index (χ3n) is 1.41. The molecule has 0 atom stereocenters. The molecule has 0 saturated heterocycles. The summed E-state index contributed by atoms with van der Waals surface area (Å²) < 4.78 is 22.9. The molecule has 0 aliphatic carbocycles. The van der Waals surface area contributed by atoms with Crippen molar-refractivity contribution < 1.29 is 13.2 Å². The summed E-state index contributed by atoms with van der Waals surface area (Å²) in [6, 6.07) is 0. The third kappa shape index (κ3) is 2.13. The van der Waals surface area contributed by atoms with E-state index in [-0.39, 0.29) is 12.3 Å². The zero-order valence-electron chi connectivity index (χ0n) is 6.15. The molecule has 0 aromatic rings. The molecule has 1 heterocycles. The average molecular weight is 175 g/mol. The number of hydrogen-bond donors (Lipinski definition) is 0. The first kappa shape index (κ1) is 8.42. The van der Waals surface area contributed by atoms with Crippen molar-refractivity contribution >= 4 is 15.8 Å². The topological polar surface area (TPSA) is 54.5 Å². The summed E-state index contributed by atoms with van der Waals surface area (Å²) in [7, 11) is -3.20. The molecule has 0 aromatic heterocycles. The molecule has 0 amide bonds. The highest BCUT2D eigenvalue weighted by atomic mass is 32.2. The maximum absolute atomic E-state index is 10.9. The first-order chi connectivity index (χ1) is 5.00. The molecule has 0 fully saturated rings. The number of rotatable bonds is 1. The number of nitrogens with zero attached hydrogens (tertiary/aromatic N) is 1. The van der Waals surface area contributed by atoms with Crippen LogP contribution < -0.4 is 0 Å². The first-order valence-electron chi connectivity index (χ1n) is 3.14. The molecule has 0 bridgehead atoms. The Labute approximate surface area is 65.6 Å². The molecule has 1 aliphatic heterocycles. The van der Waals surface area contributed by atoms with Gasteiger partial charge in [0.25, 0.3) is 0 Å². The maximum atomic E-state index is 10.9. The van der Waals surface area contributed by atoms with Crippen molar-refractivity contribution in [2.75, 3.05) is 19.3 Å². The molecule has 4 nitrogen and oxygen atoms in total. The van der Waals surface area contributed by atoms with Crippen molar-refractivity contribution in [1.29, 1.82) is 0 Å². The van der Waals surface area contributed by atoms with Gasteiger partial charge in [-0.05, 0) is 6.08 Å². The molecule has 1 rings (SSSR count). The lowest BCUT2D eigenvalue weighted by Crippen LogP contribution is -2.36. The van der Waals surface area contributed by atoms with E-state index in [0.29, 0.717) is 6.54 Å². The minimum atomic E-state index is -3.20. The van der Waals surface area contributed by atoms with E-state index in [9.17, 15) is 13.2 Å². The summed E-state index contributed by atoms with van der Waals surface area (Å²) in [5, 5.41) is 0. The Morgan fingerprint density at radius 1 is 1.55 bits per heavy atom. The Hall–Kier alpha value is -0.680. The highest BCUT2D eigenvalue weighted by Crippen LogP contribution is 2.02. The summed E-state index contributed by atoms with van der Waals surface area (Å²) in [5.74, 6) is -0.165. The zero-order chi connectivity index (χ0) is 8.48. The molecule has 0 radical (unpaired) electrons. The van der Waals surface area contributed by atoms with E-state index in [1.165, 1.54) is 6.08 Å². The van der Waals surface area contributed by atoms with Gasteiger partial charge in [0.1, 0.15) is 0 Å². The van der Waals surface area contributed by atoms with Crippen molar-refractivity contribution in [2.24, 2.45) is 0 Å². The standard InChI is InChI=1S/C6H9NO3S/c1-11(9,10)7-4-2-3-6(8)5-7/h2-3H,4-5H2,1H3. The minimum absolute atomic E-state index is 0.0185. The fourth-order valence-electron chi connectivity index (χ4n) is 0.845. The summed E-state index contributed by atoms with van der Waals surface area (Å²) in [5.41, 5.74) is 0. The van der Waals surface area contributed by atoms with Gasteiger partial charge in [-0.3, -0.25) is 4.79 Å². The van der Waals surface area contributed by atoms with E-state index in [0.717, 1.165) is 10.6 Å². The minimum Gasteiger partial charge on any atom is -0.293 e. The number of carbonyl (C=O) groups excluding carboxylic acids is 1. The van der Waals surface area contributed by atoms with Crippen molar-refractivity contribution in [3.8, 4) is 0 Å². The van der Waals surface area contributed by atoms with E-state index in [1.54, 1.807) is 6.08 Å². The van der Waals surface area contributed by atoms with E-state index in [4.69, 9.17) is 0 Å². The van der Waals surface area contributed by atoms with E-state index in [1.807, 2.05) is 0 Å². The van der Waals surface area contributed by atoms with Gasteiger partial charge in [-0.15, -0.1) is 0 Å². The molecule has 5 heteroatoms. The Bertz CT molecular complexity index is 291. The van der Waals surface area contributed by atoms with Crippen LogP contribution in [0.1, 0.15) is 0 Å². The predicted octanol–water partition coefficient (Wildman–Crippen LogP) is -0.613. The molecular weight excluding hydrogens is 166 g/mol. The SMILES string of the molecule is CS(=O)(=O)N1CC=CC(=O)C1. The van der Waals surface area contributed by atoms with Gasteiger partial charge in [0.15, 0.2) is 5.78 Å². The van der Waals surface area contributed by atoms with Crippen LogP contribution in [-0.4, -0.2) is 37.9 Å². The zero-order valence-corrected chi connectivity index (χ0v) is 6.97. The highest BCUT2D eigenvalue weighted by Gasteiger charge is 2.19. The van der Waals surface area contributed by atoms with Gasteiger partial charge in [0, 0.05) is 6.54 Å². The smallest absolute Gasteiger partial charge is 0.211 e. The molecule has 0 unspecified atom stereocenters. The summed E-state index contributed by atoms with van der Waals surface area (Å²) >= 11 is 0. The second-order valence-electron chi connectivity index (χ2n) is 2.42. The Kier molecular flexibility index (Phi) is 2.10. The molecular formula is C6H9NO3S. The molecule has 0 spiro atoms. The normalized spacial score (nSPS) is 20.6. The van der Waals surface area contributed by atoms with E-state index in [2.05, 4.69) is 0 Å². The molecule has 1 aliphatic rings. The summed E-state index contributed by atoms with van der Waals surface area (Å²) in [6.45, 7) is 0.292. The number of ketones is 1. The van der Waals surface area contributed by atoms with Crippen molar-refractivity contribution in [2.45, 2.75) is 0 Å². The van der Waals surface area contributed by atoms with Crippen LogP contribution in [0.5, 0.6) is 0 Å². The van der Waals surface area contributed by atoms with Gasteiger partial charge >= 0.3 is 0 Å². The molecule has 62 valence electrons. The molecule has 0 N–H and O–H groups in total. The highest BCUT2D eigenvalue weighted by molar-refractivity contribution is 7.88. The lowest BCUT2D eigenvalue weighted by molar-refractivity contribution is -0.115. The summed E-state index contributed by atoms with van der Waals surface area (Å²) in [4.78, 5) is 10.7. The number of carbonyl (C=O) groups is 1. The third-order valence-corrected chi connectivity index (χ3v) is 2.63. The van der Waals surface area contributed by atoms with Gasteiger partial charge in [0.05, 0.1) is 12.8 Å². The predicted molar refractivity (Wildman–Crippen MR) is 40.6 cm³/mol.